The lowest BCUT2D eigenvalue weighted by Gasteiger charge is -2.11. The standard InChI is InChI=1S/C20H16ClN3/c21-16-10-12-17(13-11-16)24-20(18-8-4-5-9-19(18)23-24)22-14-15-6-2-1-3-7-15/h1-13,22H,14H2. The van der Waals surface area contributed by atoms with E-state index in [1.54, 1.807) is 0 Å². The van der Waals surface area contributed by atoms with E-state index in [0.717, 1.165) is 29.0 Å². The average molecular weight is 334 g/mol. The molecule has 1 heterocycles. The number of nitrogens with zero attached hydrogens (tertiary/aromatic N) is 2. The molecule has 1 N–H and O–H groups in total. The van der Waals surface area contributed by atoms with E-state index in [2.05, 4.69) is 23.5 Å². The maximum Gasteiger partial charge on any atom is 0.138 e. The van der Waals surface area contributed by atoms with Crippen LogP contribution in [0.1, 0.15) is 5.56 Å². The number of nitrogens with one attached hydrogen (secondary N) is 1. The molecule has 0 saturated heterocycles. The minimum atomic E-state index is 0.717. The zero-order valence-electron chi connectivity index (χ0n) is 13.0. The number of hydrogen-bond donors (Lipinski definition) is 1. The smallest absolute Gasteiger partial charge is 0.138 e. The summed E-state index contributed by atoms with van der Waals surface area (Å²) in [5, 5.41) is 10.1. The predicted molar refractivity (Wildman–Crippen MR) is 99.8 cm³/mol. The molecule has 0 fully saturated rings. The van der Waals surface area contributed by atoms with Crippen LogP contribution in [0.3, 0.4) is 0 Å². The number of aromatic nitrogens is 2. The quantitative estimate of drug-likeness (QED) is 0.550. The lowest BCUT2D eigenvalue weighted by molar-refractivity contribution is 0.889. The Labute approximate surface area is 145 Å². The number of halogens is 1. The lowest BCUT2D eigenvalue weighted by Crippen LogP contribution is -2.06. The van der Waals surface area contributed by atoms with Gasteiger partial charge in [0.2, 0.25) is 0 Å². The van der Waals surface area contributed by atoms with E-state index in [1.165, 1.54) is 5.56 Å². The molecule has 0 atom stereocenters. The van der Waals surface area contributed by atoms with Gasteiger partial charge in [-0.3, -0.25) is 0 Å². The van der Waals surface area contributed by atoms with Gasteiger partial charge >= 0.3 is 0 Å². The molecule has 0 bridgehead atoms. The molecule has 0 aliphatic carbocycles. The topological polar surface area (TPSA) is 29.9 Å². The molecule has 4 aromatic rings. The van der Waals surface area contributed by atoms with Gasteiger partial charge in [-0.15, -0.1) is 0 Å². The van der Waals surface area contributed by atoms with Gasteiger partial charge in [0.25, 0.3) is 0 Å². The van der Waals surface area contributed by atoms with Crippen LogP contribution in [0, 0.1) is 0 Å². The second-order valence-electron chi connectivity index (χ2n) is 5.59. The zero-order chi connectivity index (χ0) is 16.4. The second kappa shape index (κ2) is 6.38. The highest BCUT2D eigenvalue weighted by molar-refractivity contribution is 6.30. The van der Waals surface area contributed by atoms with Crippen LogP contribution in [-0.4, -0.2) is 9.78 Å². The summed E-state index contributed by atoms with van der Waals surface area (Å²) in [4.78, 5) is 0. The van der Waals surface area contributed by atoms with Crippen LogP contribution in [0.25, 0.3) is 16.6 Å². The Kier molecular flexibility index (Phi) is 3.93. The molecule has 0 saturated carbocycles. The van der Waals surface area contributed by atoms with Gasteiger partial charge in [-0.1, -0.05) is 54.1 Å². The van der Waals surface area contributed by atoms with Gasteiger partial charge in [0, 0.05) is 17.0 Å². The summed E-state index contributed by atoms with van der Waals surface area (Å²) < 4.78 is 1.93. The van der Waals surface area contributed by atoms with Crippen LogP contribution in [0.2, 0.25) is 5.02 Å². The van der Waals surface area contributed by atoms with E-state index in [1.807, 2.05) is 65.3 Å². The molecule has 24 heavy (non-hydrogen) atoms. The summed E-state index contributed by atoms with van der Waals surface area (Å²) >= 11 is 6.01. The summed E-state index contributed by atoms with van der Waals surface area (Å²) in [6.07, 6.45) is 0. The molecule has 0 radical (unpaired) electrons. The third kappa shape index (κ3) is 2.86. The van der Waals surface area contributed by atoms with Gasteiger partial charge in [-0.05, 0) is 42.0 Å². The molecule has 0 spiro atoms. The van der Waals surface area contributed by atoms with E-state index < -0.39 is 0 Å². The molecule has 0 aliphatic rings. The molecule has 4 heteroatoms. The Bertz CT molecular complexity index is 959. The Hall–Kier alpha value is -2.78. The SMILES string of the molecule is Clc1ccc(-n2nc3ccccc3c2NCc2ccccc2)cc1. The fourth-order valence-electron chi connectivity index (χ4n) is 2.75. The third-order valence-electron chi connectivity index (χ3n) is 3.95. The van der Waals surface area contributed by atoms with E-state index >= 15 is 0 Å². The van der Waals surface area contributed by atoms with Crippen LogP contribution < -0.4 is 5.32 Å². The number of rotatable bonds is 4. The van der Waals surface area contributed by atoms with Crippen molar-refractivity contribution in [2.24, 2.45) is 0 Å². The molecule has 0 unspecified atom stereocenters. The summed E-state index contributed by atoms with van der Waals surface area (Å²) in [6.45, 7) is 0.740. The lowest BCUT2D eigenvalue weighted by atomic mass is 10.2. The molecule has 0 amide bonds. The molecule has 1 aromatic heterocycles. The Morgan fingerprint density at radius 3 is 2.33 bits per heavy atom. The van der Waals surface area contributed by atoms with Crippen molar-refractivity contribution in [3.05, 3.63) is 89.4 Å². The molecular formula is C20H16ClN3. The van der Waals surface area contributed by atoms with Gasteiger partial charge in [0.1, 0.15) is 5.82 Å². The van der Waals surface area contributed by atoms with Crippen molar-refractivity contribution in [3.63, 3.8) is 0 Å². The monoisotopic (exact) mass is 333 g/mol. The summed E-state index contributed by atoms with van der Waals surface area (Å²) in [5.41, 5.74) is 3.17. The maximum absolute atomic E-state index is 6.01. The summed E-state index contributed by atoms with van der Waals surface area (Å²) in [5.74, 6) is 0.983. The predicted octanol–water partition coefficient (Wildman–Crippen LogP) is 5.29. The van der Waals surface area contributed by atoms with E-state index in [0.29, 0.717) is 5.02 Å². The highest BCUT2D eigenvalue weighted by Gasteiger charge is 2.12. The molecule has 118 valence electrons. The van der Waals surface area contributed by atoms with Crippen molar-refractivity contribution in [1.82, 2.24) is 9.78 Å². The maximum atomic E-state index is 6.01. The average Bonchev–Trinajstić information content (AvgIpc) is 3.00. The zero-order valence-corrected chi connectivity index (χ0v) is 13.7. The first kappa shape index (κ1) is 14.8. The summed E-state index contributed by atoms with van der Waals surface area (Å²) in [6, 6.07) is 26.2. The van der Waals surface area contributed by atoms with Crippen molar-refractivity contribution in [2.45, 2.75) is 6.54 Å². The second-order valence-corrected chi connectivity index (χ2v) is 6.03. The van der Waals surface area contributed by atoms with Gasteiger partial charge in [-0.2, -0.15) is 5.10 Å². The largest absolute Gasteiger partial charge is 0.365 e. The molecule has 3 aromatic carbocycles. The summed E-state index contributed by atoms with van der Waals surface area (Å²) in [7, 11) is 0. The fourth-order valence-corrected chi connectivity index (χ4v) is 2.88. The minimum absolute atomic E-state index is 0.717. The first-order valence-corrected chi connectivity index (χ1v) is 8.20. The van der Waals surface area contributed by atoms with Gasteiger partial charge in [-0.25, -0.2) is 4.68 Å². The van der Waals surface area contributed by atoms with Crippen molar-refractivity contribution >= 4 is 28.3 Å². The van der Waals surface area contributed by atoms with Gasteiger partial charge < -0.3 is 5.32 Å². The fraction of sp³-hybridized carbons (Fsp3) is 0.0500. The Morgan fingerprint density at radius 1 is 0.833 bits per heavy atom. The number of anilines is 1. The van der Waals surface area contributed by atoms with Crippen LogP contribution >= 0.6 is 11.6 Å². The van der Waals surface area contributed by atoms with Crippen molar-refractivity contribution < 1.29 is 0 Å². The molecule has 4 rings (SSSR count). The Balaban J connectivity index is 1.77. The van der Waals surface area contributed by atoms with Crippen LogP contribution in [0.15, 0.2) is 78.9 Å². The first-order valence-electron chi connectivity index (χ1n) is 7.83. The van der Waals surface area contributed by atoms with E-state index in [9.17, 15) is 0 Å². The van der Waals surface area contributed by atoms with Crippen molar-refractivity contribution in [1.29, 1.82) is 0 Å². The van der Waals surface area contributed by atoms with Crippen LogP contribution in [0.5, 0.6) is 0 Å². The Morgan fingerprint density at radius 2 is 1.54 bits per heavy atom. The van der Waals surface area contributed by atoms with Crippen LogP contribution in [0.4, 0.5) is 5.82 Å². The normalized spacial score (nSPS) is 10.9. The third-order valence-corrected chi connectivity index (χ3v) is 4.20. The van der Waals surface area contributed by atoms with E-state index in [4.69, 9.17) is 16.7 Å². The van der Waals surface area contributed by atoms with E-state index in [-0.39, 0.29) is 0 Å². The minimum Gasteiger partial charge on any atom is -0.365 e. The number of hydrogen-bond acceptors (Lipinski definition) is 2. The number of fused-ring (bicyclic) bond motifs is 1. The van der Waals surface area contributed by atoms with Crippen molar-refractivity contribution in [3.8, 4) is 5.69 Å². The van der Waals surface area contributed by atoms with Gasteiger partial charge in [0.15, 0.2) is 0 Å². The molecule has 0 aliphatic heterocycles. The highest BCUT2D eigenvalue weighted by Crippen LogP contribution is 2.27. The highest BCUT2D eigenvalue weighted by atomic mass is 35.5. The molecule has 3 nitrogen and oxygen atoms in total. The van der Waals surface area contributed by atoms with Crippen LogP contribution in [-0.2, 0) is 6.54 Å². The molecular weight excluding hydrogens is 318 g/mol. The first-order chi connectivity index (χ1) is 11.8. The number of benzene rings is 3. The van der Waals surface area contributed by atoms with Crippen molar-refractivity contribution in [2.75, 3.05) is 5.32 Å². The van der Waals surface area contributed by atoms with Gasteiger partial charge in [0.05, 0.1) is 11.2 Å².